The van der Waals surface area contributed by atoms with Crippen molar-refractivity contribution in [2.45, 2.75) is 13.0 Å². The Morgan fingerprint density at radius 3 is 2.36 bits per heavy atom. The van der Waals surface area contributed by atoms with E-state index >= 15 is 0 Å². The van der Waals surface area contributed by atoms with E-state index in [2.05, 4.69) is 0 Å². The van der Waals surface area contributed by atoms with E-state index in [1.54, 1.807) is 47.4 Å². The van der Waals surface area contributed by atoms with Gasteiger partial charge in [0, 0.05) is 34.3 Å². The second kappa shape index (κ2) is 7.33. The van der Waals surface area contributed by atoms with Gasteiger partial charge in [0.25, 0.3) is 0 Å². The molecule has 0 spiro atoms. The lowest BCUT2D eigenvalue weighted by molar-refractivity contribution is -0.123. The van der Waals surface area contributed by atoms with Crippen LogP contribution < -0.4 is 15.4 Å². The van der Waals surface area contributed by atoms with E-state index in [9.17, 15) is 9.59 Å². The number of nitrogens with zero attached hydrogens (tertiary/aromatic N) is 1. The molecule has 0 bridgehead atoms. The third-order valence-corrected chi connectivity index (χ3v) is 4.83. The second-order valence-corrected chi connectivity index (χ2v) is 6.60. The van der Waals surface area contributed by atoms with Crippen molar-refractivity contribution >= 4 is 40.7 Å². The van der Waals surface area contributed by atoms with E-state index in [0.717, 1.165) is 0 Å². The minimum absolute atomic E-state index is 0.111. The van der Waals surface area contributed by atoms with Gasteiger partial charge in [0.2, 0.25) is 11.8 Å². The summed E-state index contributed by atoms with van der Waals surface area (Å²) in [5, 5.41) is 1.09. The maximum Gasteiger partial charge on any atom is 0.227 e. The molecule has 0 radical (unpaired) electrons. The molecule has 0 aliphatic carbocycles. The van der Waals surface area contributed by atoms with E-state index in [1.807, 2.05) is 0 Å². The number of primary amides is 1. The van der Waals surface area contributed by atoms with Crippen LogP contribution in [0.25, 0.3) is 0 Å². The number of hydrogen-bond acceptors (Lipinski definition) is 3. The molecule has 0 saturated carbocycles. The Morgan fingerprint density at radius 2 is 1.80 bits per heavy atom. The molecule has 1 saturated heterocycles. The van der Waals surface area contributed by atoms with Crippen LogP contribution in [0.5, 0.6) is 5.75 Å². The fraction of sp³-hybridized carbons (Fsp3) is 0.222. The third-order valence-electron chi connectivity index (χ3n) is 4.12. The highest BCUT2D eigenvalue weighted by molar-refractivity contribution is 6.35. The van der Waals surface area contributed by atoms with E-state index in [-0.39, 0.29) is 18.9 Å². The van der Waals surface area contributed by atoms with Crippen LogP contribution in [0.1, 0.15) is 12.0 Å². The van der Waals surface area contributed by atoms with Gasteiger partial charge in [0.05, 0.1) is 5.92 Å². The van der Waals surface area contributed by atoms with Crippen LogP contribution in [0.15, 0.2) is 42.5 Å². The smallest absolute Gasteiger partial charge is 0.227 e. The summed E-state index contributed by atoms with van der Waals surface area (Å²) in [6.45, 7) is 0.549. The average Bonchev–Trinajstić information content (AvgIpc) is 2.97. The summed E-state index contributed by atoms with van der Waals surface area (Å²) >= 11 is 12.2. The second-order valence-electron chi connectivity index (χ2n) is 5.79. The van der Waals surface area contributed by atoms with Crippen molar-refractivity contribution in [1.82, 2.24) is 0 Å². The highest BCUT2D eigenvalue weighted by atomic mass is 35.5. The SMILES string of the molecule is NC(=O)[C@H]1CC(=O)N(c2ccc(OCc3c(Cl)cccc3Cl)cc2)C1. The van der Waals surface area contributed by atoms with Crippen LogP contribution in [-0.4, -0.2) is 18.4 Å². The first-order chi connectivity index (χ1) is 12.0. The Morgan fingerprint density at radius 1 is 1.16 bits per heavy atom. The van der Waals surface area contributed by atoms with Crippen molar-refractivity contribution < 1.29 is 14.3 Å². The highest BCUT2D eigenvalue weighted by Gasteiger charge is 2.33. The van der Waals surface area contributed by atoms with Gasteiger partial charge in [-0.2, -0.15) is 0 Å². The summed E-state index contributed by atoms with van der Waals surface area (Å²) in [6, 6.07) is 12.3. The maximum atomic E-state index is 12.0. The van der Waals surface area contributed by atoms with Crippen LogP contribution in [0.3, 0.4) is 0 Å². The number of carbonyl (C=O) groups excluding carboxylic acids is 2. The topological polar surface area (TPSA) is 72.6 Å². The molecule has 2 N–H and O–H groups in total. The molecule has 7 heteroatoms. The molecule has 1 aliphatic rings. The molecule has 1 aliphatic heterocycles. The van der Waals surface area contributed by atoms with Crippen molar-refractivity contribution in [3.63, 3.8) is 0 Å². The minimum Gasteiger partial charge on any atom is -0.489 e. The number of nitrogens with two attached hydrogens (primary N) is 1. The van der Waals surface area contributed by atoms with Crippen LogP contribution in [0.4, 0.5) is 5.69 Å². The normalized spacial score (nSPS) is 17.0. The van der Waals surface area contributed by atoms with E-state index in [0.29, 0.717) is 33.6 Å². The molecule has 0 unspecified atom stereocenters. The molecule has 2 aromatic carbocycles. The molecule has 3 rings (SSSR count). The Balaban J connectivity index is 1.67. The minimum atomic E-state index is -0.451. The molecule has 130 valence electrons. The Kier molecular flexibility index (Phi) is 5.16. The first kappa shape index (κ1) is 17.6. The molecule has 0 aromatic heterocycles. The number of rotatable bonds is 5. The molecular weight excluding hydrogens is 363 g/mol. The zero-order valence-corrected chi connectivity index (χ0v) is 14.8. The zero-order chi connectivity index (χ0) is 18.0. The maximum absolute atomic E-state index is 12.0. The third kappa shape index (κ3) is 3.89. The summed E-state index contributed by atoms with van der Waals surface area (Å²) < 4.78 is 5.71. The number of carbonyl (C=O) groups is 2. The van der Waals surface area contributed by atoms with E-state index in [4.69, 9.17) is 33.7 Å². The van der Waals surface area contributed by atoms with Crippen molar-refractivity contribution in [1.29, 1.82) is 0 Å². The lowest BCUT2D eigenvalue weighted by Gasteiger charge is -2.17. The van der Waals surface area contributed by atoms with Gasteiger partial charge in [-0.1, -0.05) is 29.3 Å². The van der Waals surface area contributed by atoms with Gasteiger partial charge >= 0.3 is 0 Å². The van der Waals surface area contributed by atoms with Crippen molar-refractivity contribution in [3.8, 4) is 5.75 Å². The quantitative estimate of drug-likeness (QED) is 0.866. The molecule has 1 atom stereocenters. The largest absolute Gasteiger partial charge is 0.489 e. The van der Waals surface area contributed by atoms with Crippen LogP contribution in [0, 0.1) is 5.92 Å². The molecule has 1 heterocycles. The molecule has 2 aromatic rings. The summed E-state index contributed by atoms with van der Waals surface area (Å²) in [6.07, 6.45) is 0.151. The van der Waals surface area contributed by atoms with Crippen molar-refractivity contribution in [2.24, 2.45) is 11.7 Å². The molecule has 1 fully saturated rings. The van der Waals surface area contributed by atoms with Crippen LogP contribution in [-0.2, 0) is 16.2 Å². The highest BCUT2D eigenvalue weighted by Crippen LogP contribution is 2.28. The molecule has 2 amide bonds. The van der Waals surface area contributed by atoms with E-state index in [1.165, 1.54) is 0 Å². The summed E-state index contributed by atoms with van der Waals surface area (Å²) in [5.41, 5.74) is 6.71. The van der Waals surface area contributed by atoms with Crippen molar-refractivity contribution in [3.05, 3.63) is 58.1 Å². The first-order valence-corrected chi connectivity index (χ1v) is 8.46. The standard InChI is InChI=1S/C18H16Cl2N2O3/c19-15-2-1-3-16(20)14(15)10-25-13-6-4-12(5-7-13)22-9-11(18(21)24)8-17(22)23/h1-7,11H,8-10H2,(H2,21,24)/t11-/m0/s1. The lowest BCUT2D eigenvalue weighted by Crippen LogP contribution is -2.28. The number of amides is 2. The summed E-state index contributed by atoms with van der Waals surface area (Å²) in [5.74, 6) is -0.378. The Bertz CT molecular complexity index is 788. The molecule has 5 nitrogen and oxygen atoms in total. The lowest BCUT2D eigenvalue weighted by atomic mass is 10.1. The predicted octanol–water partition coefficient (Wildman–Crippen LogP) is 3.41. The summed E-state index contributed by atoms with van der Waals surface area (Å²) in [4.78, 5) is 24.8. The van der Waals surface area contributed by atoms with E-state index < -0.39 is 11.8 Å². The fourth-order valence-corrected chi connectivity index (χ4v) is 3.20. The number of halogens is 2. The molecular formula is C18H16Cl2N2O3. The predicted molar refractivity (Wildman–Crippen MR) is 96.9 cm³/mol. The Labute approximate surface area is 155 Å². The van der Waals surface area contributed by atoms with Crippen LogP contribution >= 0.6 is 23.2 Å². The zero-order valence-electron chi connectivity index (χ0n) is 13.2. The number of ether oxygens (including phenoxy) is 1. The number of benzene rings is 2. The van der Waals surface area contributed by atoms with Gasteiger partial charge in [-0.3, -0.25) is 9.59 Å². The molecule has 25 heavy (non-hydrogen) atoms. The van der Waals surface area contributed by atoms with Crippen LogP contribution in [0.2, 0.25) is 10.0 Å². The number of anilines is 1. The van der Waals surface area contributed by atoms with Gasteiger partial charge in [0.15, 0.2) is 0 Å². The van der Waals surface area contributed by atoms with Gasteiger partial charge in [0.1, 0.15) is 12.4 Å². The first-order valence-electron chi connectivity index (χ1n) is 7.71. The fourth-order valence-electron chi connectivity index (χ4n) is 2.70. The summed E-state index contributed by atoms with van der Waals surface area (Å²) in [7, 11) is 0. The van der Waals surface area contributed by atoms with Crippen molar-refractivity contribution in [2.75, 3.05) is 11.4 Å². The number of hydrogen-bond donors (Lipinski definition) is 1. The van der Waals surface area contributed by atoms with Gasteiger partial charge in [-0.15, -0.1) is 0 Å². The average molecular weight is 379 g/mol. The van der Waals surface area contributed by atoms with Gasteiger partial charge in [-0.25, -0.2) is 0 Å². The Hall–Kier alpha value is -2.24. The van der Waals surface area contributed by atoms with Gasteiger partial charge in [-0.05, 0) is 36.4 Å². The van der Waals surface area contributed by atoms with Gasteiger partial charge < -0.3 is 15.4 Å². The monoisotopic (exact) mass is 378 g/mol.